The normalized spacial score (nSPS) is 23.1. The van der Waals surface area contributed by atoms with Gasteiger partial charge in [0.2, 0.25) is 0 Å². The SMILES string of the molecule is CC1CCC(CCc2ccc3oc(=O)ccc3c2)CC1. The number of hydrogen-bond donors (Lipinski definition) is 0. The topological polar surface area (TPSA) is 30.2 Å². The third-order valence-electron chi connectivity index (χ3n) is 4.66. The van der Waals surface area contributed by atoms with Gasteiger partial charge in [0.05, 0.1) is 0 Å². The average molecular weight is 270 g/mol. The zero-order chi connectivity index (χ0) is 13.9. The Balaban J connectivity index is 1.65. The molecule has 0 radical (unpaired) electrons. The molecule has 1 saturated carbocycles. The highest BCUT2D eigenvalue weighted by Crippen LogP contribution is 2.31. The fraction of sp³-hybridized carbons (Fsp3) is 0.500. The van der Waals surface area contributed by atoms with Crippen LogP contribution in [0.2, 0.25) is 0 Å². The minimum atomic E-state index is -0.276. The van der Waals surface area contributed by atoms with Gasteiger partial charge in [0.25, 0.3) is 0 Å². The second-order valence-corrected chi connectivity index (χ2v) is 6.29. The van der Waals surface area contributed by atoms with E-state index in [1.165, 1.54) is 43.7 Å². The summed E-state index contributed by atoms with van der Waals surface area (Å²) in [6.45, 7) is 2.37. The summed E-state index contributed by atoms with van der Waals surface area (Å²) in [7, 11) is 0. The van der Waals surface area contributed by atoms with Crippen molar-refractivity contribution in [2.24, 2.45) is 11.8 Å². The molecule has 0 aliphatic heterocycles. The Labute approximate surface area is 119 Å². The fourth-order valence-electron chi connectivity index (χ4n) is 3.27. The molecule has 0 unspecified atom stereocenters. The van der Waals surface area contributed by atoms with Crippen molar-refractivity contribution in [3.05, 3.63) is 46.3 Å². The van der Waals surface area contributed by atoms with Crippen LogP contribution in [0.5, 0.6) is 0 Å². The van der Waals surface area contributed by atoms with E-state index in [1.54, 1.807) is 0 Å². The van der Waals surface area contributed by atoms with Gasteiger partial charge < -0.3 is 4.42 Å². The number of hydrogen-bond acceptors (Lipinski definition) is 2. The third kappa shape index (κ3) is 3.12. The van der Waals surface area contributed by atoms with E-state index in [-0.39, 0.29) is 5.63 Å². The Morgan fingerprint density at radius 1 is 1.10 bits per heavy atom. The molecule has 0 saturated heterocycles. The zero-order valence-electron chi connectivity index (χ0n) is 12.1. The summed E-state index contributed by atoms with van der Waals surface area (Å²) >= 11 is 0. The van der Waals surface area contributed by atoms with E-state index in [1.807, 2.05) is 12.1 Å². The Kier molecular flexibility index (Phi) is 3.90. The Morgan fingerprint density at radius 2 is 1.90 bits per heavy atom. The standard InChI is InChI=1S/C18H22O2/c1-13-2-4-14(5-3-13)6-7-15-8-10-17-16(12-15)9-11-18(19)20-17/h8-14H,2-7H2,1H3. The van der Waals surface area contributed by atoms with Crippen molar-refractivity contribution in [1.29, 1.82) is 0 Å². The maximum Gasteiger partial charge on any atom is 0.336 e. The first-order valence-electron chi connectivity index (χ1n) is 7.73. The summed E-state index contributed by atoms with van der Waals surface area (Å²) in [6, 6.07) is 9.52. The largest absolute Gasteiger partial charge is 0.423 e. The van der Waals surface area contributed by atoms with Crippen LogP contribution >= 0.6 is 0 Å². The Hall–Kier alpha value is -1.57. The van der Waals surface area contributed by atoms with Crippen LogP contribution in [0.15, 0.2) is 39.5 Å². The van der Waals surface area contributed by atoms with E-state index in [2.05, 4.69) is 19.1 Å². The molecule has 1 aliphatic carbocycles. The van der Waals surface area contributed by atoms with Crippen molar-refractivity contribution >= 4 is 11.0 Å². The minimum absolute atomic E-state index is 0.276. The molecule has 0 N–H and O–H groups in total. The lowest BCUT2D eigenvalue weighted by Crippen LogP contribution is -2.12. The predicted molar refractivity (Wildman–Crippen MR) is 81.9 cm³/mol. The quantitative estimate of drug-likeness (QED) is 0.766. The summed E-state index contributed by atoms with van der Waals surface area (Å²) in [5, 5.41) is 1.03. The number of fused-ring (bicyclic) bond motifs is 1. The van der Waals surface area contributed by atoms with Gasteiger partial charge in [0.1, 0.15) is 5.58 Å². The molecule has 20 heavy (non-hydrogen) atoms. The van der Waals surface area contributed by atoms with E-state index in [0.29, 0.717) is 5.58 Å². The van der Waals surface area contributed by atoms with Crippen molar-refractivity contribution in [3.8, 4) is 0 Å². The van der Waals surface area contributed by atoms with Gasteiger partial charge in [-0.05, 0) is 48.4 Å². The lowest BCUT2D eigenvalue weighted by atomic mass is 9.80. The van der Waals surface area contributed by atoms with Gasteiger partial charge in [-0.2, -0.15) is 0 Å². The smallest absolute Gasteiger partial charge is 0.336 e. The van der Waals surface area contributed by atoms with Gasteiger partial charge in [0, 0.05) is 11.5 Å². The first kappa shape index (κ1) is 13.4. The highest BCUT2D eigenvalue weighted by Gasteiger charge is 2.17. The van der Waals surface area contributed by atoms with Crippen LogP contribution in [0.1, 0.15) is 44.6 Å². The van der Waals surface area contributed by atoms with E-state index in [4.69, 9.17) is 4.42 Å². The molecule has 1 aromatic heterocycles. The number of benzene rings is 1. The predicted octanol–water partition coefficient (Wildman–Crippen LogP) is 4.55. The summed E-state index contributed by atoms with van der Waals surface area (Å²) in [6.07, 6.45) is 8.00. The van der Waals surface area contributed by atoms with Gasteiger partial charge in [-0.25, -0.2) is 4.79 Å². The molecular weight excluding hydrogens is 248 g/mol. The Bertz CT molecular complexity index is 633. The van der Waals surface area contributed by atoms with Gasteiger partial charge in [-0.15, -0.1) is 0 Å². The highest BCUT2D eigenvalue weighted by atomic mass is 16.4. The molecule has 2 heteroatoms. The van der Waals surface area contributed by atoms with Crippen LogP contribution in [0.3, 0.4) is 0 Å². The molecule has 1 aromatic carbocycles. The summed E-state index contributed by atoms with van der Waals surface area (Å²) in [5.74, 6) is 1.82. The van der Waals surface area contributed by atoms with Gasteiger partial charge in [-0.1, -0.05) is 38.7 Å². The van der Waals surface area contributed by atoms with Crippen molar-refractivity contribution in [3.63, 3.8) is 0 Å². The molecule has 106 valence electrons. The number of rotatable bonds is 3. The van der Waals surface area contributed by atoms with Crippen molar-refractivity contribution in [1.82, 2.24) is 0 Å². The maximum absolute atomic E-state index is 11.2. The van der Waals surface area contributed by atoms with Crippen molar-refractivity contribution < 1.29 is 4.42 Å². The van der Waals surface area contributed by atoms with E-state index >= 15 is 0 Å². The van der Waals surface area contributed by atoms with Crippen LogP contribution in [0.4, 0.5) is 0 Å². The molecule has 0 atom stereocenters. The number of aryl methyl sites for hydroxylation is 1. The van der Waals surface area contributed by atoms with Crippen molar-refractivity contribution in [2.75, 3.05) is 0 Å². The molecule has 1 heterocycles. The van der Waals surface area contributed by atoms with Crippen molar-refractivity contribution in [2.45, 2.75) is 45.4 Å². The van der Waals surface area contributed by atoms with Crippen LogP contribution in [-0.2, 0) is 6.42 Å². The van der Waals surface area contributed by atoms with Crippen LogP contribution in [0, 0.1) is 11.8 Å². The molecule has 0 spiro atoms. The summed E-state index contributed by atoms with van der Waals surface area (Å²) in [5.41, 5.74) is 1.76. The maximum atomic E-state index is 11.2. The lowest BCUT2D eigenvalue weighted by Gasteiger charge is -2.26. The first-order valence-corrected chi connectivity index (χ1v) is 7.73. The van der Waals surface area contributed by atoms with Gasteiger partial charge in [0.15, 0.2) is 0 Å². The van der Waals surface area contributed by atoms with Gasteiger partial charge >= 0.3 is 5.63 Å². The molecule has 1 aliphatic rings. The molecule has 1 fully saturated rings. The first-order chi connectivity index (χ1) is 9.70. The van der Waals surface area contributed by atoms with Crippen LogP contribution in [0.25, 0.3) is 11.0 Å². The summed E-state index contributed by atoms with van der Waals surface area (Å²) < 4.78 is 5.17. The fourth-order valence-corrected chi connectivity index (χ4v) is 3.27. The molecule has 0 amide bonds. The van der Waals surface area contributed by atoms with Gasteiger partial charge in [-0.3, -0.25) is 0 Å². The second-order valence-electron chi connectivity index (χ2n) is 6.29. The summed E-state index contributed by atoms with van der Waals surface area (Å²) in [4.78, 5) is 11.2. The highest BCUT2D eigenvalue weighted by molar-refractivity contribution is 5.76. The van der Waals surface area contributed by atoms with E-state index in [9.17, 15) is 4.79 Å². The van der Waals surface area contributed by atoms with Crippen LogP contribution < -0.4 is 5.63 Å². The second kappa shape index (κ2) is 5.82. The average Bonchev–Trinajstić information content (AvgIpc) is 2.46. The molecule has 2 aromatic rings. The molecule has 3 rings (SSSR count). The third-order valence-corrected chi connectivity index (χ3v) is 4.66. The molecule has 2 nitrogen and oxygen atoms in total. The molecular formula is C18H22O2. The monoisotopic (exact) mass is 270 g/mol. The van der Waals surface area contributed by atoms with E-state index in [0.717, 1.165) is 23.6 Å². The minimum Gasteiger partial charge on any atom is -0.423 e. The van der Waals surface area contributed by atoms with E-state index < -0.39 is 0 Å². The zero-order valence-corrected chi connectivity index (χ0v) is 12.1. The lowest BCUT2D eigenvalue weighted by molar-refractivity contribution is 0.278. The van der Waals surface area contributed by atoms with Crippen LogP contribution in [-0.4, -0.2) is 0 Å². The Morgan fingerprint density at radius 3 is 2.70 bits per heavy atom. The molecule has 0 bridgehead atoms.